The molecule has 154 valence electrons. The van der Waals surface area contributed by atoms with Gasteiger partial charge in [0.15, 0.2) is 17.5 Å². The van der Waals surface area contributed by atoms with E-state index in [1.165, 1.54) is 0 Å². The zero-order chi connectivity index (χ0) is 19.5. The van der Waals surface area contributed by atoms with Crippen molar-refractivity contribution in [3.63, 3.8) is 0 Å². The zero-order valence-corrected chi connectivity index (χ0v) is 19.3. The Morgan fingerprint density at radius 3 is 2.39 bits per heavy atom. The number of para-hydroxylation sites is 1. The number of nitrogens with one attached hydrogen (secondary N) is 2. The number of hydrogen-bond acceptors (Lipinski definition) is 4. The fourth-order valence-corrected chi connectivity index (χ4v) is 2.66. The van der Waals surface area contributed by atoms with Crippen LogP contribution in [0.2, 0.25) is 0 Å². The first-order valence-corrected chi connectivity index (χ1v) is 9.19. The van der Waals surface area contributed by atoms with Gasteiger partial charge in [-0.3, -0.25) is 4.99 Å². The molecule has 2 rings (SSSR count). The van der Waals surface area contributed by atoms with Crippen molar-refractivity contribution in [1.82, 2.24) is 5.32 Å². The minimum absolute atomic E-state index is 0. The van der Waals surface area contributed by atoms with E-state index in [9.17, 15) is 0 Å². The van der Waals surface area contributed by atoms with Gasteiger partial charge in [-0.15, -0.1) is 24.0 Å². The Bertz CT molecular complexity index is 753. The molecule has 0 bridgehead atoms. The molecule has 0 spiro atoms. The number of ether oxygens (including phenoxy) is 3. The summed E-state index contributed by atoms with van der Waals surface area (Å²) >= 11 is 0. The monoisotopic (exact) mass is 499 g/mol. The molecule has 0 aliphatic rings. The van der Waals surface area contributed by atoms with E-state index in [2.05, 4.69) is 21.7 Å². The molecule has 2 aromatic rings. The summed E-state index contributed by atoms with van der Waals surface area (Å²) in [7, 11) is 3.32. The molecule has 0 saturated carbocycles. The molecule has 0 aliphatic carbocycles. The van der Waals surface area contributed by atoms with Crippen molar-refractivity contribution in [1.29, 1.82) is 0 Å². The summed E-state index contributed by atoms with van der Waals surface area (Å²) in [5.41, 5.74) is 2.02. The van der Waals surface area contributed by atoms with Crippen LogP contribution in [0.5, 0.6) is 17.2 Å². The lowest BCUT2D eigenvalue weighted by molar-refractivity contribution is 0.311. The number of guanidine groups is 1. The number of anilines is 1. The van der Waals surface area contributed by atoms with Gasteiger partial charge in [0.25, 0.3) is 0 Å². The first-order valence-electron chi connectivity index (χ1n) is 9.19. The molecule has 28 heavy (non-hydrogen) atoms. The molecule has 2 aromatic carbocycles. The summed E-state index contributed by atoms with van der Waals surface area (Å²) in [4.78, 5) is 4.66. The lowest BCUT2D eigenvalue weighted by atomic mass is 10.1. The molecule has 0 heterocycles. The minimum atomic E-state index is 0. The molecule has 0 saturated heterocycles. The van der Waals surface area contributed by atoms with Crippen molar-refractivity contribution in [2.45, 2.75) is 20.3 Å². The van der Waals surface area contributed by atoms with Gasteiger partial charge in [0.2, 0.25) is 0 Å². The van der Waals surface area contributed by atoms with Crippen molar-refractivity contribution < 1.29 is 14.2 Å². The maximum absolute atomic E-state index is 5.56. The summed E-state index contributed by atoms with van der Waals surface area (Å²) in [6, 6.07) is 13.7. The van der Waals surface area contributed by atoms with Crippen molar-refractivity contribution >= 4 is 35.6 Å². The summed E-state index contributed by atoms with van der Waals surface area (Å²) in [5.74, 6) is 3.02. The molecule has 0 atom stereocenters. The third kappa shape index (κ3) is 7.10. The molecule has 7 heteroatoms. The smallest absolute Gasteiger partial charge is 0.195 e. The van der Waals surface area contributed by atoms with Gasteiger partial charge in [-0.2, -0.15) is 0 Å². The average Bonchev–Trinajstić information content (AvgIpc) is 2.69. The van der Waals surface area contributed by atoms with Gasteiger partial charge in [0.05, 0.1) is 20.8 Å². The molecular weight excluding hydrogens is 469 g/mol. The van der Waals surface area contributed by atoms with Crippen LogP contribution in [0.15, 0.2) is 47.5 Å². The number of nitrogens with zero attached hydrogens (tertiary/aromatic N) is 1. The Labute approximate surface area is 184 Å². The number of halogens is 1. The number of rotatable bonds is 9. The quantitative estimate of drug-likeness (QED) is 0.306. The Balaban J connectivity index is 0.00000392. The van der Waals surface area contributed by atoms with Gasteiger partial charge in [-0.25, -0.2) is 0 Å². The molecule has 2 N–H and O–H groups in total. The van der Waals surface area contributed by atoms with Gasteiger partial charge < -0.3 is 24.8 Å². The Morgan fingerprint density at radius 1 is 0.964 bits per heavy atom. The number of aliphatic imine (C=N–C) groups is 1. The summed E-state index contributed by atoms with van der Waals surface area (Å²) in [5, 5.41) is 6.57. The van der Waals surface area contributed by atoms with Gasteiger partial charge in [0.1, 0.15) is 5.75 Å². The largest absolute Gasteiger partial charge is 0.496 e. The minimum Gasteiger partial charge on any atom is -0.496 e. The van der Waals surface area contributed by atoms with E-state index in [0.717, 1.165) is 41.7 Å². The normalized spacial score (nSPS) is 10.6. The molecule has 0 radical (unpaired) electrons. The summed E-state index contributed by atoms with van der Waals surface area (Å²) in [6.45, 7) is 5.99. The van der Waals surface area contributed by atoms with E-state index in [0.29, 0.717) is 18.9 Å². The van der Waals surface area contributed by atoms with Gasteiger partial charge >= 0.3 is 0 Å². The van der Waals surface area contributed by atoms with Gasteiger partial charge in [-0.05, 0) is 44.0 Å². The Kier molecular flexibility index (Phi) is 11.2. The van der Waals surface area contributed by atoms with Crippen LogP contribution in [0.4, 0.5) is 5.69 Å². The van der Waals surface area contributed by atoms with E-state index in [1.807, 2.05) is 50.2 Å². The van der Waals surface area contributed by atoms with Crippen LogP contribution in [0.25, 0.3) is 0 Å². The lowest BCUT2D eigenvalue weighted by Crippen LogP contribution is -2.30. The van der Waals surface area contributed by atoms with Crippen LogP contribution in [0, 0.1) is 0 Å². The molecule has 0 fully saturated rings. The van der Waals surface area contributed by atoms with E-state index in [-0.39, 0.29) is 24.0 Å². The summed E-state index contributed by atoms with van der Waals surface area (Å²) < 4.78 is 16.4. The summed E-state index contributed by atoms with van der Waals surface area (Å²) in [6.07, 6.45) is 0.799. The highest BCUT2D eigenvalue weighted by molar-refractivity contribution is 14.0. The molecule has 0 amide bonds. The molecule has 0 aromatic heterocycles. The fourth-order valence-electron chi connectivity index (χ4n) is 2.66. The molecular formula is C21H30IN3O3. The molecule has 0 unspecified atom stereocenters. The highest BCUT2D eigenvalue weighted by atomic mass is 127. The molecule has 0 aliphatic heterocycles. The fraction of sp³-hybridized carbons (Fsp3) is 0.381. The second-order valence-corrected chi connectivity index (χ2v) is 5.75. The van der Waals surface area contributed by atoms with Crippen molar-refractivity contribution in [3.05, 3.63) is 48.0 Å². The Hall–Kier alpha value is -2.16. The topological polar surface area (TPSA) is 64.1 Å². The van der Waals surface area contributed by atoms with E-state index in [1.54, 1.807) is 14.2 Å². The average molecular weight is 499 g/mol. The highest BCUT2D eigenvalue weighted by Crippen LogP contribution is 2.30. The first-order chi connectivity index (χ1) is 13.2. The van der Waals surface area contributed by atoms with E-state index >= 15 is 0 Å². The Morgan fingerprint density at radius 2 is 1.71 bits per heavy atom. The second kappa shape index (κ2) is 13.1. The maximum atomic E-state index is 5.56. The predicted molar refractivity (Wildman–Crippen MR) is 126 cm³/mol. The second-order valence-electron chi connectivity index (χ2n) is 5.75. The van der Waals surface area contributed by atoms with Crippen molar-refractivity contribution in [2.75, 3.05) is 39.2 Å². The maximum Gasteiger partial charge on any atom is 0.195 e. The first kappa shape index (κ1) is 23.9. The SMILES string of the molecule is CCNC(=NCCc1ccccc1OC)Nc1ccc(OCC)c(OC)c1.I. The third-order valence-electron chi connectivity index (χ3n) is 3.91. The van der Waals surface area contributed by atoms with Crippen LogP contribution in [-0.2, 0) is 6.42 Å². The van der Waals surface area contributed by atoms with E-state index < -0.39 is 0 Å². The van der Waals surface area contributed by atoms with Crippen LogP contribution < -0.4 is 24.8 Å². The van der Waals surface area contributed by atoms with Crippen molar-refractivity contribution in [2.24, 2.45) is 4.99 Å². The number of hydrogen-bond donors (Lipinski definition) is 2. The van der Waals surface area contributed by atoms with Crippen molar-refractivity contribution in [3.8, 4) is 17.2 Å². The van der Waals surface area contributed by atoms with Crippen LogP contribution in [0.3, 0.4) is 0 Å². The standard InChI is InChI=1S/C21H29N3O3.HI/c1-5-22-21(23-14-13-16-9-7-8-10-18(16)25-3)24-17-11-12-19(27-6-2)20(15-17)26-4;/h7-12,15H,5-6,13-14H2,1-4H3,(H2,22,23,24);1H. The van der Waals surface area contributed by atoms with E-state index in [4.69, 9.17) is 14.2 Å². The van der Waals surface area contributed by atoms with Crippen LogP contribution in [0.1, 0.15) is 19.4 Å². The third-order valence-corrected chi connectivity index (χ3v) is 3.91. The number of benzene rings is 2. The van der Waals surface area contributed by atoms with Crippen LogP contribution >= 0.6 is 24.0 Å². The highest BCUT2D eigenvalue weighted by Gasteiger charge is 2.07. The molecule has 6 nitrogen and oxygen atoms in total. The predicted octanol–water partition coefficient (Wildman–Crippen LogP) is 4.34. The zero-order valence-electron chi connectivity index (χ0n) is 17.0. The van der Waals surface area contributed by atoms with Crippen LogP contribution in [-0.4, -0.2) is 39.9 Å². The van der Waals surface area contributed by atoms with Gasteiger partial charge in [0, 0.05) is 24.8 Å². The lowest BCUT2D eigenvalue weighted by Gasteiger charge is -2.14. The number of methoxy groups -OCH3 is 2. The van der Waals surface area contributed by atoms with Gasteiger partial charge in [-0.1, -0.05) is 18.2 Å².